The number of benzene rings is 2. The number of rotatable bonds is 9. The molecule has 2 aromatic carbocycles. The molecule has 0 saturated heterocycles. The lowest BCUT2D eigenvalue weighted by Crippen LogP contribution is -2.16. The van der Waals surface area contributed by atoms with E-state index in [2.05, 4.69) is 0 Å². The van der Waals surface area contributed by atoms with Crippen molar-refractivity contribution in [2.75, 3.05) is 27.1 Å². The van der Waals surface area contributed by atoms with Gasteiger partial charge in [-0.1, -0.05) is 48.0 Å². The number of aryl methyl sites for hydroxylation is 1. The summed E-state index contributed by atoms with van der Waals surface area (Å²) in [5.41, 5.74) is 1.78. The molecule has 3 rings (SSSR count). The van der Waals surface area contributed by atoms with Gasteiger partial charge in [-0.2, -0.15) is 0 Å². The normalized spacial score (nSPS) is 17.0. The van der Waals surface area contributed by atoms with Gasteiger partial charge in [0.15, 0.2) is 6.79 Å². The zero-order valence-electron chi connectivity index (χ0n) is 16.0. The van der Waals surface area contributed by atoms with E-state index < -0.39 is 16.1 Å². The molecule has 1 atom stereocenters. The Kier molecular flexibility index (Phi) is 6.85. The Bertz CT molecular complexity index is 904. The average molecular weight is 404 g/mol. The number of hydrogen-bond donors (Lipinski definition) is 0. The molecular formula is C21H24O6S. The monoisotopic (exact) mass is 404 g/mol. The van der Waals surface area contributed by atoms with E-state index in [1.807, 2.05) is 31.2 Å². The molecule has 0 N–H and O–H groups in total. The molecule has 1 aliphatic rings. The molecule has 2 aromatic rings. The van der Waals surface area contributed by atoms with Crippen LogP contribution in [0.2, 0.25) is 0 Å². The maximum absolute atomic E-state index is 13.2. The predicted octanol–water partition coefficient (Wildman–Crippen LogP) is 3.52. The van der Waals surface area contributed by atoms with E-state index in [4.69, 9.17) is 18.9 Å². The van der Waals surface area contributed by atoms with Gasteiger partial charge in [0.25, 0.3) is 0 Å². The molecule has 1 aliphatic heterocycles. The lowest BCUT2D eigenvalue weighted by molar-refractivity contribution is -0.162. The highest BCUT2D eigenvalue weighted by atomic mass is 32.2. The molecule has 0 aromatic heterocycles. The molecule has 0 bridgehead atoms. The van der Waals surface area contributed by atoms with E-state index >= 15 is 0 Å². The van der Waals surface area contributed by atoms with Gasteiger partial charge >= 0.3 is 0 Å². The largest absolute Gasteiger partial charge is 0.463 e. The minimum Gasteiger partial charge on any atom is -0.463 e. The highest BCUT2D eigenvalue weighted by Crippen LogP contribution is 2.38. The Morgan fingerprint density at radius 2 is 1.75 bits per heavy atom. The summed E-state index contributed by atoms with van der Waals surface area (Å²) in [6, 6.07) is 15.9. The summed E-state index contributed by atoms with van der Waals surface area (Å²) in [5, 5.41) is 0. The standard InChI is InChI=1S/C21H24O6S/c1-16-8-10-17(11-9-16)21-19(28(22,23)18-6-4-3-5-7-18)14-20(27-21)26-15-25-13-12-24-2/h3-11,20H,12-15H2,1-2H3. The van der Waals surface area contributed by atoms with Crippen LogP contribution in [0.3, 0.4) is 0 Å². The molecular weight excluding hydrogens is 380 g/mol. The molecule has 0 radical (unpaired) electrons. The van der Waals surface area contributed by atoms with Crippen molar-refractivity contribution in [1.82, 2.24) is 0 Å². The van der Waals surface area contributed by atoms with E-state index in [1.165, 1.54) is 0 Å². The van der Waals surface area contributed by atoms with Crippen molar-refractivity contribution in [3.8, 4) is 0 Å². The number of ether oxygens (including phenoxy) is 4. The zero-order valence-corrected chi connectivity index (χ0v) is 16.8. The van der Waals surface area contributed by atoms with Gasteiger partial charge in [-0.25, -0.2) is 8.42 Å². The third-order valence-electron chi connectivity index (χ3n) is 4.32. The summed E-state index contributed by atoms with van der Waals surface area (Å²) < 4.78 is 48.1. The Balaban J connectivity index is 1.85. The van der Waals surface area contributed by atoms with Crippen LogP contribution in [0.1, 0.15) is 17.5 Å². The molecule has 0 aliphatic carbocycles. The van der Waals surface area contributed by atoms with Gasteiger partial charge in [-0.3, -0.25) is 0 Å². The fourth-order valence-electron chi connectivity index (χ4n) is 2.81. The maximum atomic E-state index is 13.2. The summed E-state index contributed by atoms with van der Waals surface area (Å²) in [4.78, 5) is 0.444. The van der Waals surface area contributed by atoms with E-state index in [0.717, 1.165) is 5.56 Å². The van der Waals surface area contributed by atoms with Crippen molar-refractivity contribution in [1.29, 1.82) is 0 Å². The first-order valence-electron chi connectivity index (χ1n) is 8.97. The van der Waals surface area contributed by atoms with Crippen LogP contribution in [-0.2, 0) is 28.8 Å². The Labute approximate surface area is 165 Å². The summed E-state index contributed by atoms with van der Waals surface area (Å²) in [6.45, 7) is 2.80. The van der Waals surface area contributed by atoms with Crippen LogP contribution in [-0.4, -0.2) is 41.8 Å². The van der Waals surface area contributed by atoms with Crippen LogP contribution in [0.4, 0.5) is 0 Å². The van der Waals surface area contributed by atoms with Gasteiger partial charge in [0.2, 0.25) is 16.1 Å². The Morgan fingerprint density at radius 1 is 1.04 bits per heavy atom. The summed E-state index contributed by atoms with van der Waals surface area (Å²) >= 11 is 0. The topological polar surface area (TPSA) is 71.1 Å². The van der Waals surface area contributed by atoms with Gasteiger partial charge in [0, 0.05) is 12.7 Å². The predicted molar refractivity (Wildman–Crippen MR) is 105 cm³/mol. The lowest BCUT2D eigenvalue weighted by atomic mass is 10.1. The first kappa shape index (κ1) is 20.5. The average Bonchev–Trinajstić information content (AvgIpc) is 3.14. The second-order valence-electron chi connectivity index (χ2n) is 6.37. The first-order valence-corrected chi connectivity index (χ1v) is 10.5. The van der Waals surface area contributed by atoms with Crippen molar-refractivity contribution < 1.29 is 27.4 Å². The molecule has 7 heteroatoms. The maximum Gasteiger partial charge on any atom is 0.207 e. The second-order valence-corrected chi connectivity index (χ2v) is 8.34. The van der Waals surface area contributed by atoms with Crippen LogP contribution >= 0.6 is 0 Å². The van der Waals surface area contributed by atoms with E-state index in [0.29, 0.717) is 24.5 Å². The third-order valence-corrected chi connectivity index (χ3v) is 6.21. The van der Waals surface area contributed by atoms with Gasteiger partial charge in [0.1, 0.15) is 5.76 Å². The second kappa shape index (κ2) is 9.34. The highest BCUT2D eigenvalue weighted by Gasteiger charge is 2.36. The molecule has 0 fully saturated rings. The van der Waals surface area contributed by atoms with E-state index in [-0.39, 0.29) is 23.0 Å². The van der Waals surface area contributed by atoms with Crippen LogP contribution in [0.25, 0.3) is 5.76 Å². The van der Waals surface area contributed by atoms with Crippen molar-refractivity contribution >= 4 is 15.6 Å². The van der Waals surface area contributed by atoms with Crippen molar-refractivity contribution in [2.45, 2.75) is 24.5 Å². The lowest BCUT2D eigenvalue weighted by Gasteiger charge is -2.14. The molecule has 1 heterocycles. The Hall–Kier alpha value is -2.19. The van der Waals surface area contributed by atoms with Crippen molar-refractivity contribution in [3.63, 3.8) is 0 Å². The zero-order chi connectivity index (χ0) is 20.0. The van der Waals surface area contributed by atoms with Gasteiger partial charge in [0.05, 0.1) is 29.4 Å². The number of sulfone groups is 1. The smallest absolute Gasteiger partial charge is 0.207 e. The summed E-state index contributed by atoms with van der Waals surface area (Å²) in [5.74, 6) is 0.325. The SMILES string of the molecule is COCCOCOC1CC(S(=O)(=O)c2ccccc2)=C(c2ccc(C)cc2)O1. The molecule has 1 unspecified atom stereocenters. The summed E-state index contributed by atoms with van der Waals surface area (Å²) in [6.07, 6.45) is -0.610. The van der Waals surface area contributed by atoms with Crippen molar-refractivity contribution in [2.24, 2.45) is 0 Å². The third kappa shape index (κ3) is 4.80. The van der Waals surface area contributed by atoms with Gasteiger partial charge < -0.3 is 18.9 Å². The van der Waals surface area contributed by atoms with Gasteiger partial charge in [-0.15, -0.1) is 0 Å². The number of hydrogen-bond acceptors (Lipinski definition) is 6. The van der Waals surface area contributed by atoms with Crippen molar-refractivity contribution in [3.05, 3.63) is 70.6 Å². The van der Waals surface area contributed by atoms with Crippen LogP contribution in [0, 0.1) is 6.92 Å². The van der Waals surface area contributed by atoms with Crippen LogP contribution in [0.5, 0.6) is 0 Å². The van der Waals surface area contributed by atoms with Crippen LogP contribution < -0.4 is 0 Å². The highest BCUT2D eigenvalue weighted by molar-refractivity contribution is 7.95. The molecule has 0 amide bonds. The molecule has 28 heavy (non-hydrogen) atoms. The van der Waals surface area contributed by atoms with Gasteiger partial charge in [-0.05, 0) is 19.1 Å². The Morgan fingerprint density at radius 3 is 2.43 bits per heavy atom. The fourth-order valence-corrected chi connectivity index (χ4v) is 4.37. The quantitative estimate of drug-likeness (QED) is 0.470. The molecule has 6 nitrogen and oxygen atoms in total. The fraction of sp³-hybridized carbons (Fsp3) is 0.333. The summed E-state index contributed by atoms with van der Waals surface area (Å²) in [7, 11) is -2.12. The molecule has 150 valence electrons. The minimum absolute atomic E-state index is 0.00608. The first-order chi connectivity index (χ1) is 13.5. The molecule has 0 spiro atoms. The molecule has 0 saturated carbocycles. The number of methoxy groups -OCH3 is 1. The van der Waals surface area contributed by atoms with E-state index in [9.17, 15) is 8.42 Å². The van der Waals surface area contributed by atoms with Crippen LogP contribution in [0.15, 0.2) is 64.4 Å². The van der Waals surface area contributed by atoms with E-state index in [1.54, 1.807) is 37.4 Å². The minimum atomic E-state index is -3.70.